The van der Waals surface area contributed by atoms with E-state index < -0.39 is 0 Å². The molecule has 0 bridgehead atoms. The number of nitrogens with zero attached hydrogens (tertiary/aromatic N) is 1. The van der Waals surface area contributed by atoms with Crippen LogP contribution in [0.4, 0.5) is 5.69 Å². The summed E-state index contributed by atoms with van der Waals surface area (Å²) in [6.07, 6.45) is 4.83. The van der Waals surface area contributed by atoms with Crippen molar-refractivity contribution >= 4 is 17.3 Å². The Morgan fingerprint density at radius 2 is 2.26 bits per heavy atom. The molecule has 19 heavy (non-hydrogen) atoms. The number of hydrogen-bond donors (Lipinski definition) is 1. The zero-order chi connectivity index (χ0) is 13.8. The molecule has 2 rings (SSSR count). The fraction of sp³-hybridized carbons (Fsp3) is 0.625. The van der Waals surface area contributed by atoms with Crippen LogP contribution < -0.4 is 10.6 Å². The monoisotopic (exact) mass is 280 g/mol. The predicted octanol–water partition coefficient (Wildman–Crippen LogP) is 3.86. The fourth-order valence-corrected chi connectivity index (χ4v) is 3.26. The van der Waals surface area contributed by atoms with Gasteiger partial charge in [-0.3, -0.25) is 0 Å². The Bertz CT molecular complexity index is 417. The van der Waals surface area contributed by atoms with Gasteiger partial charge in [-0.25, -0.2) is 0 Å². The molecule has 1 saturated heterocycles. The second kappa shape index (κ2) is 6.62. The van der Waals surface area contributed by atoms with Crippen LogP contribution in [-0.4, -0.2) is 19.1 Å². The Morgan fingerprint density at radius 1 is 1.47 bits per heavy atom. The summed E-state index contributed by atoms with van der Waals surface area (Å²) in [6, 6.07) is 6.41. The lowest BCUT2D eigenvalue weighted by Gasteiger charge is -2.23. The Hall–Kier alpha value is -0.730. The van der Waals surface area contributed by atoms with Crippen LogP contribution >= 0.6 is 11.6 Å². The Labute approximate surface area is 121 Å². The first kappa shape index (κ1) is 14.7. The van der Waals surface area contributed by atoms with Gasteiger partial charge in [0.15, 0.2) is 0 Å². The molecule has 106 valence electrons. The van der Waals surface area contributed by atoms with Crippen LogP contribution in [0.3, 0.4) is 0 Å². The predicted molar refractivity (Wildman–Crippen MR) is 84.0 cm³/mol. The van der Waals surface area contributed by atoms with Crippen LogP contribution in [0.25, 0.3) is 0 Å². The molecule has 3 heteroatoms. The van der Waals surface area contributed by atoms with Gasteiger partial charge in [0.1, 0.15) is 0 Å². The van der Waals surface area contributed by atoms with E-state index in [2.05, 4.69) is 30.9 Å². The molecule has 0 aliphatic carbocycles. The summed E-state index contributed by atoms with van der Waals surface area (Å²) in [5, 5.41) is 0.809. The maximum Gasteiger partial charge on any atom is 0.0410 e. The minimum atomic E-state index is 0.172. The number of benzene rings is 1. The number of rotatable bonds is 5. The van der Waals surface area contributed by atoms with Crippen molar-refractivity contribution in [2.45, 2.75) is 45.6 Å². The summed E-state index contributed by atoms with van der Waals surface area (Å²) < 4.78 is 0. The van der Waals surface area contributed by atoms with E-state index in [-0.39, 0.29) is 6.04 Å². The molecule has 2 atom stereocenters. The molecule has 2 N–H and O–H groups in total. The molecule has 1 aliphatic heterocycles. The van der Waals surface area contributed by atoms with Crippen LogP contribution in [0.2, 0.25) is 5.02 Å². The SMILES string of the molecule is CCCC1CCN(c2ccc(Cl)cc2CC(C)N)C1. The maximum atomic E-state index is 6.13. The summed E-state index contributed by atoms with van der Waals surface area (Å²) in [6.45, 7) is 6.67. The topological polar surface area (TPSA) is 29.3 Å². The number of halogens is 1. The van der Waals surface area contributed by atoms with Crippen molar-refractivity contribution in [2.75, 3.05) is 18.0 Å². The van der Waals surface area contributed by atoms with E-state index in [1.165, 1.54) is 37.1 Å². The van der Waals surface area contributed by atoms with Crippen LogP contribution in [0.5, 0.6) is 0 Å². The van der Waals surface area contributed by atoms with Gasteiger partial charge >= 0.3 is 0 Å². The van der Waals surface area contributed by atoms with Gasteiger partial charge in [-0.1, -0.05) is 24.9 Å². The van der Waals surface area contributed by atoms with Crippen LogP contribution in [-0.2, 0) is 6.42 Å². The molecule has 0 spiro atoms. The van der Waals surface area contributed by atoms with Crippen molar-refractivity contribution in [3.63, 3.8) is 0 Å². The van der Waals surface area contributed by atoms with Crippen molar-refractivity contribution in [1.82, 2.24) is 0 Å². The Balaban J connectivity index is 2.15. The van der Waals surface area contributed by atoms with E-state index in [1.54, 1.807) is 0 Å². The highest BCUT2D eigenvalue weighted by Crippen LogP contribution is 2.31. The van der Waals surface area contributed by atoms with Crippen LogP contribution in [0.15, 0.2) is 18.2 Å². The molecule has 0 aromatic heterocycles. The normalized spacial score (nSPS) is 20.8. The smallest absolute Gasteiger partial charge is 0.0410 e. The first-order valence-electron chi connectivity index (χ1n) is 7.39. The van der Waals surface area contributed by atoms with E-state index in [0.29, 0.717) is 0 Å². The first-order valence-corrected chi connectivity index (χ1v) is 7.77. The molecule has 1 heterocycles. The number of hydrogen-bond acceptors (Lipinski definition) is 2. The highest BCUT2D eigenvalue weighted by molar-refractivity contribution is 6.30. The average Bonchev–Trinajstić information content (AvgIpc) is 2.77. The zero-order valence-electron chi connectivity index (χ0n) is 12.0. The summed E-state index contributed by atoms with van der Waals surface area (Å²) in [4.78, 5) is 2.51. The van der Waals surface area contributed by atoms with Gasteiger partial charge in [0.05, 0.1) is 0 Å². The second-order valence-corrected chi connectivity index (χ2v) is 6.28. The van der Waals surface area contributed by atoms with E-state index in [0.717, 1.165) is 23.9 Å². The van der Waals surface area contributed by atoms with Crippen molar-refractivity contribution in [3.05, 3.63) is 28.8 Å². The Kier molecular flexibility index (Phi) is 5.12. The highest BCUT2D eigenvalue weighted by atomic mass is 35.5. The van der Waals surface area contributed by atoms with Gasteiger partial charge in [0, 0.05) is 29.8 Å². The lowest BCUT2D eigenvalue weighted by molar-refractivity contribution is 0.529. The molecule has 1 fully saturated rings. The van der Waals surface area contributed by atoms with Crippen LogP contribution in [0.1, 0.15) is 38.7 Å². The van der Waals surface area contributed by atoms with Gasteiger partial charge in [-0.2, -0.15) is 0 Å². The molecule has 1 aromatic carbocycles. The van der Waals surface area contributed by atoms with Crippen molar-refractivity contribution in [1.29, 1.82) is 0 Å². The summed E-state index contributed by atoms with van der Waals surface area (Å²) in [5.41, 5.74) is 8.58. The zero-order valence-corrected chi connectivity index (χ0v) is 12.8. The summed E-state index contributed by atoms with van der Waals surface area (Å²) >= 11 is 6.13. The lowest BCUT2D eigenvalue weighted by Crippen LogP contribution is -2.24. The molecule has 0 amide bonds. The number of anilines is 1. The molecule has 0 saturated carbocycles. The van der Waals surface area contributed by atoms with Gasteiger partial charge < -0.3 is 10.6 Å². The standard InChI is InChI=1S/C16H25ClN2/c1-3-4-13-7-8-19(11-13)16-6-5-15(17)10-14(16)9-12(2)18/h5-6,10,12-13H,3-4,7-9,11,18H2,1-2H3. The fourth-order valence-electron chi connectivity index (χ4n) is 3.07. The average molecular weight is 281 g/mol. The largest absolute Gasteiger partial charge is 0.371 e. The third-order valence-electron chi connectivity index (χ3n) is 3.91. The minimum Gasteiger partial charge on any atom is -0.371 e. The molecular formula is C16H25ClN2. The molecular weight excluding hydrogens is 256 g/mol. The van der Waals surface area contributed by atoms with E-state index in [4.69, 9.17) is 17.3 Å². The van der Waals surface area contributed by atoms with Gasteiger partial charge in [-0.15, -0.1) is 0 Å². The summed E-state index contributed by atoms with van der Waals surface area (Å²) in [7, 11) is 0. The van der Waals surface area contributed by atoms with E-state index in [9.17, 15) is 0 Å². The summed E-state index contributed by atoms with van der Waals surface area (Å²) in [5.74, 6) is 0.851. The Morgan fingerprint density at radius 3 is 2.95 bits per heavy atom. The quantitative estimate of drug-likeness (QED) is 0.887. The van der Waals surface area contributed by atoms with Crippen LogP contribution in [0, 0.1) is 5.92 Å². The third kappa shape index (κ3) is 3.87. The maximum absolute atomic E-state index is 6.13. The molecule has 0 radical (unpaired) electrons. The minimum absolute atomic E-state index is 0.172. The lowest BCUT2D eigenvalue weighted by atomic mass is 10.0. The van der Waals surface area contributed by atoms with Gasteiger partial charge in [0.25, 0.3) is 0 Å². The molecule has 2 unspecified atom stereocenters. The van der Waals surface area contributed by atoms with Gasteiger partial charge in [0.2, 0.25) is 0 Å². The van der Waals surface area contributed by atoms with E-state index in [1.807, 2.05) is 6.07 Å². The molecule has 2 nitrogen and oxygen atoms in total. The van der Waals surface area contributed by atoms with Crippen molar-refractivity contribution in [2.24, 2.45) is 11.7 Å². The molecule has 1 aliphatic rings. The van der Waals surface area contributed by atoms with Crippen molar-refractivity contribution in [3.8, 4) is 0 Å². The number of nitrogens with two attached hydrogens (primary N) is 1. The highest BCUT2D eigenvalue weighted by Gasteiger charge is 2.23. The molecule has 1 aromatic rings. The third-order valence-corrected chi connectivity index (χ3v) is 4.14. The second-order valence-electron chi connectivity index (χ2n) is 5.84. The van der Waals surface area contributed by atoms with E-state index >= 15 is 0 Å². The first-order chi connectivity index (χ1) is 9.10. The van der Waals surface area contributed by atoms with Gasteiger partial charge in [-0.05, 0) is 55.9 Å². The van der Waals surface area contributed by atoms with Crippen molar-refractivity contribution < 1.29 is 0 Å².